The molecule has 0 bridgehead atoms. The van der Waals surface area contributed by atoms with E-state index < -0.39 is 0 Å². The molecular formula is C29H32N6O. The van der Waals surface area contributed by atoms with Crippen LogP contribution in [0, 0.1) is 0 Å². The van der Waals surface area contributed by atoms with E-state index in [1.807, 2.05) is 24.3 Å². The molecule has 6 rings (SSSR count). The summed E-state index contributed by atoms with van der Waals surface area (Å²) in [5.41, 5.74) is 7.92. The van der Waals surface area contributed by atoms with Gasteiger partial charge in [-0.1, -0.05) is 56.0 Å². The smallest absolute Gasteiger partial charge is 0.255 e. The third-order valence-corrected chi connectivity index (χ3v) is 6.97. The molecule has 2 aliphatic heterocycles. The largest absolute Gasteiger partial charge is 0.369 e. The molecule has 2 aliphatic rings. The second-order valence-electron chi connectivity index (χ2n) is 9.21. The summed E-state index contributed by atoms with van der Waals surface area (Å²) in [5.74, 6) is -0.0909. The van der Waals surface area contributed by atoms with Crippen molar-refractivity contribution in [3.05, 3.63) is 90.1 Å². The molecule has 36 heavy (non-hydrogen) atoms. The number of fused-ring (bicyclic) bond motifs is 1. The highest BCUT2D eigenvalue weighted by Crippen LogP contribution is 2.32. The van der Waals surface area contributed by atoms with Crippen LogP contribution in [0.15, 0.2) is 79.0 Å². The van der Waals surface area contributed by atoms with Crippen LogP contribution in [0.5, 0.6) is 0 Å². The predicted octanol–water partition coefficient (Wildman–Crippen LogP) is 4.99. The quantitative estimate of drug-likeness (QED) is 0.384. The van der Waals surface area contributed by atoms with Gasteiger partial charge in [-0.05, 0) is 48.0 Å². The summed E-state index contributed by atoms with van der Waals surface area (Å²) in [5, 5.41) is 13.8. The fourth-order valence-corrected chi connectivity index (χ4v) is 4.87. The number of H-pyrrole nitrogens is 1. The zero-order valence-corrected chi connectivity index (χ0v) is 19.7. The van der Waals surface area contributed by atoms with Crippen LogP contribution in [-0.4, -0.2) is 54.2 Å². The molecule has 1 fully saturated rings. The molecule has 1 atom stereocenters. The Kier molecular flexibility index (Phi) is 6.48. The van der Waals surface area contributed by atoms with Gasteiger partial charge in [0.25, 0.3) is 5.91 Å². The van der Waals surface area contributed by atoms with Crippen molar-refractivity contribution in [2.75, 3.05) is 43.4 Å². The monoisotopic (exact) mass is 480 g/mol. The molecule has 7 heteroatoms. The summed E-state index contributed by atoms with van der Waals surface area (Å²) < 4.78 is 0. The van der Waals surface area contributed by atoms with Gasteiger partial charge in [0.2, 0.25) is 0 Å². The standard InChI is InChI=1S/C28H28N6O.CH4/c1-33-14-16-34(17-15-33)22-12-10-20(11-13-22)19-6-8-21(9-7-19)26-24(18-29-32-26)27-30-25-5-3-2-4-23(25)28(35)31-27;/h2-13,18,27,30H,14-17H2,1H3,(H,29,32)(H,31,35);1H4. The van der Waals surface area contributed by atoms with Crippen molar-refractivity contribution in [2.45, 2.75) is 13.6 Å². The number of benzene rings is 3. The Hall–Kier alpha value is -4.10. The minimum absolute atomic E-state index is 0. The number of para-hydroxylation sites is 1. The van der Waals surface area contributed by atoms with Crippen molar-refractivity contribution in [3.8, 4) is 22.4 Å². The van der Waals surface area contributed by atoms with E-state index in [0.717, 1.165) is 54.3 Å². The molecular weight excluding hydrogens is 448 g/mol. The maximum atomic E-state index is 12.6. The topological polar surface area (TPSA) is 76.3 Å². The number of nitrogens with zero attached hydrogens (tertiary/aromatic N) is 3. The van der Waals surface area contributed by atoms with Gasteiger partial charge in [-0.2, -0.15) is 5.10 Å². The number of piperazine rings is 1. The molecule has 184 valence electrons. The number of carbonyl (C=O) groups excluding carboxylic acids is 1. The van der Waals surface area contributed by atoms with Gasteiger partial charge < -0.3 is 20.4 Å². The molecule has 0 radical (unpaired) electrons. The first-order valence-electron chi connectivity index (χ1n) is 12.0. The van der Waals surface area contributed by atoms with Crippen LogP contribution in [0.2, 0.25) is 0 Å². The lowest BCUT2D eigenvalue weighted by molar-refractivity contribution is 0.0936. The molecule has 3 N–H and O–H groups in total. The average molecular weight is 481 g/mol. The van der Waals surface area contributed by atoms with Gasteiger partial charge in [0.15, 0.2) is 0 Å². The number of likely N-dealkylation sites (N-methyl/N-ethyl adjacent to an activating group) is 1. The average Bonchev–Trinajstić information content (AvgIpc) is 3.40. The van der Waals surface area contributed by atoms with Crippen molar-refractivity contribution >= 4 is 17.3 Å². The van der Waals surface area contributed by atoms with Crippen molar-refractivity contribution in [1.82, 2.24) is 20.4 Å². The molecule has 1 aromatic heterocycles. The third kappa shape index (κ3) is 4.45. The number of carbonyl (C=O) groups is 1. The van der Waals surface area contributed by atoms with E-state index in [-0.39, 0.29) is 19.5 Å². The molecule has 0 spiro atoms. The van der Waals surface area contributed by atoms with Crippen LogP contribution in [0.3, 0.4) is 0 Å². The molecule has 0 saturated carbocycles. The van der Waals surface area contributed by atoms with Gasteiger partial charge in [0.1, 0.15) is 6.17 Å². The first-order valence-corrected chi connectivity index (χ1v) is 12.0. The summed E-state index contributed by atoms with van der Waals surface area (Å²) >= 11 is 0. The van der Waals surface area contributed by atoms with Crippen LogP contribution in [-0.2, 0) is 0 Å². The number of anilines is 2. The van der Waals surface area contributed by atoms with E-state index >= 15 is 0 Å². The van der Waals surface area contributed by atoms with Gasteiger partial charge in [-0.25, -0.2) is 0 Å². The fraction of sp³-hybridized carbons (Fsp3) is 0.241. The number of aromatic amines is 1. The minimum Gasteiger partial charge on any atom is -0.369 e. The SMILES string of the molecule is C.CN1CCN(c2ccc(-c3ccc(-c4[nH]ncc4C4NC(=O)c5ccccc5N4)cc3)cc2)CC1. The predicted molar refractivity (Wildman–Crippen MR) is 146 cm³/mol. The summed E-state index contributed by atoms with van der Waals surface area (Å²) in [6, 6.07) is 24.8. The number of amides is 1. The van der Waals surface area contributed by atoms with Gasteiger partial charge in [0, 0.05) is 43.1 Å². The Morgan fingerprint density at radius 1 is 0.806 bits per heavy atom. The summed E-state index contributed by atoms with van der Waals surface area (Å²) in [7, 11) is 2.18. The Bertz CT molecular complexity index is 1340. The number of aromatic nitrogens is 2. The highest BCUT2D eigenvalue weighted by atomic mass is 16.2. The maximum absolute atomic E-state index is 12.6. The van der Waals surface area contributed by atoms with Gasteiger partial charge in [-0.3, -0.25) is 9.89 Å². The molecule has 3 aromatic carbocycles. The summed E-state index contributed by atoms with van der Waals surface area (Å²) in [4.78, 5) is 17.4. The Labute approximate surface area is 212 Å². The van der Waals surface area contributed by atoms with Crippen LogP contribution < -0.4 is 15.5 Å². The summed E-state index contributed by atoms with van der Waals surface area (Å²) in [6.07, 6.45) is 1.42. The minimum atomic E-state index is -0.354. The highest BCUT2D eigenvalue weighted by Gasteiger charge is 2.27. The van der Waals surface area contributed by atoms with Gasteiger partial charge in [0.05, 0.1) is 17.5 Å². The first-order chi connectivity index (χ1) is 17.2. The molecule has 1 saturated heterocycles. The van der Waals surface area contributed by atoms with E-state index in [1.165, 1.54) is 11.3 Å². The maximum Gasteiger partial charge on any atom is 0.255 e. The number of rotatable bonds is 4. The van der Waals surface area contributed by atoms with Crippen molar-refractivity contribution in [2.24, 2.45) is 0 Å². The van der Waals surface area contributed by atoms with E-state index in [0.29, 0.717) is 5.56 Å². The molecule has 1 amide bonds. The molecule has 7 nitrogen and oxygen atoms in total. The lowest BCUT2D eigenvalue weighted by Crippen LogP contribution is -2.44. The Morgan fingerprint density at radius 2 is 1.44 bits per heavy atom. The summed E-state index contributed by atoms with van der Waals surface area (Å²) in [6.45, 7) is 4.34. The van der Waals surface area contributed by atoms with Gasteiger partial charge >= 0.3 is 0 Å². The van der Waals surface area contributed by atoms with Crippen molar-refractivity contribution in [3.63, 3.8) is 0 Å². The van der Waals surface area contributed by atoms with Crippen molar-refractivity contribution < 1.29 is 4.79 Å². The fourth-order valence-electron chi connectivity index (χ4n) is 4.87. The van der Waals surface area contributed by atoms with E-state index in [1.54, 1.807) is 6.20 Å². The number of nitrogens with one attached hydrogen (secondary N) is 3. The second kappa shape index (κ2) is 9.87. The lowest BCUT2D eigenvalue weighted by atomic mass is 9.99. The number of hydrogen-bond donors (Lipinski definition) is 3. The number of hydrogen-bond acceptors (Lipinski definition) is 5. The third-order valence-electron chi connectivity index (χ3n) is 6.97. The van der Waals surface area contributed by atoms with Crippen LogP contribution in [0.4, 0.5) is 11.4 Å². The molecule has 1 unspecified atom stereocenters. The van der Waals surface area contributed by atoms with Crippen LogP contribution in [0.25, 0.3) is 22.4 Å². The van der Waals surface area contributed by atoms with Gasteiger partial charge in [-0.15, -0.1) is 0 Å². The first kappa shape index (κ1) is 23.6. The zero-order valence-electron chi connectivity index (χ0n) is 19.7. The van der Waals surface area contributed by atoms with E-state index in [9.17, 15) is 4.79 Å². The van der Waals surface area contributed by atoms with Crippen LogP contribution >= 0.6 is 0 Å². The van der Waals surface area contributed by atoms with E-state index in [2.05, 4.69) is 86.2 Å². The second-order valence-corrected chi connectivity index (χ2v) is 9.21. The lowest BCUT2D eigenvalue weighted by Gasteiger charge is -2.34. The van der Waals surface area contributed by atoms with Crippen LogP contribution in [0.1, 0.15) is 29.5 Å². The molecule has 0 aliphatic carbocycles. The molecule has 4 aromatic rings. The van der Waals surface area contributed by atoms with E-state index in [4.69, 9.17) is 0 Å². The highest BCUT2D eigenvalue weighted by molar-refractivity contribution is 6.01. The Balaban J connectivity index is 0.00000267. The Morgan fingerprint density at radius 3 is 2.17 bits per heavy atom. The van der Waals surface area contributed by atoms with Crippen molar-refractivity contribution in [1.29, 1.82) is 0 Å². The zero-order chi connectivity index (χ0) is 23.8. The molecule has 3 heterocycles. The normalized spacial score (nSPS) is 17.5.